The molecule has 1 aromatic heterocycles. The van der Waals surface area contributed by atoms with Crippen molar-refractivity contribution < 1.29 is 17.9 Å². The van der Waals surface area contributed by atoms with Crippen LogP contribution in [0, 0.1) is 11.6 Å². The quantitative estimate of drug-likeness (QED) is 0.774. The van der Waals surface area contributed by atoms with E-state index in [0.717, 1.165) is 25.2 Å². The highest BCUT2D eigenvalue weighted by atomic mass is 19.1. The number of alkyl halides is 1. The Kier molecular flexibility index (Phi) is 4.80. The zero-order valence-corrected chi connectivity index (χ0v) is 14.8. The van der Waals surface area contributed by atoms with Crippen LogP contribution in [0.25, 0.3) is 0 Å². The molecule has 0 radical (unpaired) electrons. The number of rotatable bonds is 6. The zero-order chi connectivity index (χ0) is 19.0. The summed E-state index contributed by atoms with van der Waals surface area (Å²) in [6.45, 7) is 0.792. The monoisotopic (exact) mass is 379 g/mol. The minimum atomic E-state index is -0.719. The van der Waals surface area contributed by atoms with E-state index in [4.69, 9.17) is 4.74 Å². The van der Waals surface area contributed by atoms with Crippen LogP contribution in [0.4, 0.5) is 19.0 Å². The summed E-state index contributed by atoms with van der Waals surface area (Å²) in [7, 11) is 0. The van der Waals surface area contributed by atoms with Gasteiger partial charge in [-0.25, -0.2) is 13.6 Å². The molecular weight excluding hydrogens is 359 g/mol. The first-order chi connectivity index (χ1) is 13.1. The molecule has 0 spiro atoms. The van der Waals surface area contributed by atoms with Crippen molar-refractivity contribution >= 4 is 5.82 Å². The van der Waals surface area contributed by atoms with Gasteiger partial charge in [0.05, 0.1) is 6.67 Å². The molecule has 2 aliphatic heterocycles. The van der Waals surface area contributed by atoms with E-state index in [1.54, 1.807) is 10.6 Å². The molecule has 1 saturated heterocycles. The fourth-order valence-electron chi connectivity index (χ4n) is 3.87. The van der Waals surface area contributed by atoms with Crippen molar-refractivity contribution in [1.82, 2.24) is 9.55 Å². The zero-order valence-electron chi connectivity index (χ0n) is 14.8. The lowest BCUT2D eigenvalue weighted by atomic mass is 10.1. The molecular formula is C19H20F3N3O2. The fraction of sp³-hybridized carbons (Fsp3) is 0.474. The van der Waals surface area contributed by atoms with Crippen LogP contribution in [0.5, 0.6) is 5.88 Å². The van der Waals surface area contributed by atoms with Crippen LogP contribution in [-0.4, -0.2) is 28.8 Å². The summed E-state index contributed by atoms with van der Waals surface area (Å²) in [5.74, 6) is -0.513. The van der Waals surface area contributed by atoms with Gasteiger partial charge < -0.3 is 9.64 Å². The van der Waals surface area contributed by atoms with Gasteiger partial charge in [-0.05, 0) is 43.4 Å². The highest BCUT2D eigenvalue weighted by Gasteiger charge is 2.34. The number of anilines is 1. The van der Waals surface area contributed by atoms with Gasteiger partial charge in [-0.1, -0.05) is 0 Å². The van der Waals surface area contributed by atoms with Gasteiger partial charge >= 0.3 is 5.69 Å². The normalized spacial score (nSPS) is 17.9. The van der Waals surface area contributed by atoms with Crippen molar-refractivity contribution in [3.63, 3.8) is 0 Å². The molecule has 1 fully saturated rings. The second-order valence-corrected chi connectivity index (χ2v) is 6.95. The van der Waals surface area contributed by atoms with Crippen molar-refractivity contribution in [1.29, 1.82) is 0 Å². The van der Waals surface area contributed by atoms with E-state index in [2.05, 4.69) is 9.88 Å². The standard InChI is InChI=1S/C19H20F3N3O2/c20-5-1-4-14-15(21)7-12(8-16(14)22)11-27-17-9-18-24-6-2-3-13(24)10-25(18)19(26)23-17/h7-9,13H,1-6,10-11H2/t13-/m0/s1. The third-order valence-corrected chi connectivity index (χ3v) is 5.18. The molecule has 3 heterocycles. The number of fused-ring (bicyclic) bond motifs is 3. The summed E-state index contributed by atoms with van der Waals surface area (Å²) in [5, 5.41) is 0. The average molecular weight is 379 g/mol. The Labute approximate surface area is 154 Å². The van der Waals surface area contributed by atoms with E-state index in [1.165, 1.54) is 12.1 Å². The van der Waals surface area contributed by atoms with Crippen molar-refractivity contribution in [2.45, 2.75) is 44.9 Å². The molecule has 0 bridgehead atoms. The predicted octanol–water partition coefficient (Wildman–Crippen LogP) is 2.99. The number of halogens is 3. The van der Waals surface area contributed by atoms with Crippen LogP contribution in [0.3, 0.4) is 0 Å². The second kappa shape index (κ2) is 7.25. The molecule has 27 heavy (non-hydrogen) atoms. The van der Waals surface area contributed by atoms with E-state index in [9.17, 15) is 18.0 Å². The number of benzene rings is 1. The topological polar surface area (TPSA) is 47.4 Å². The van der Waals surface area contributed by atoms with E-state index in [1.807, 2.05) is 0 Å². The molecule has 0 saturated carbocycles. The maximum Gasteiger partial charge on any atom is 0.352 e. The molecule has 5 nitrogen and oxygen atoms in total. The first-order valence-electron chi connectivity index (χ1n) is 9.11. The molecule has 8 heteroatoms. The fourth-order valence-corrected chi connectivity index (χ4v) is 3.87. The smallest absolute Gasteiger partial charge is 0.352 e. The summed E-state index contributed by atoms with van der Waals surface area (Å²) in [5.41, 5.74) is -0.211. The molecule has 0 amide bonds. The van der Waals surface area contributed by atoms with Crippen molar-refractivity contribution in [2.24, 2.45) is 0 Å². The molecule has 2 aromatic rings. The van der Waals surface area contributed by atoms with Gasteiger partial charge in [0.15, 0.2) is 0 Å². The lowest BCUT2D eigenvalue weighted by molar-refractivity contribution is 0.290. The van der Waals surface area contributed by atoms with Crippen LogP contribution in [0.2, 0.25) is 0 Å². The third kappa shape index (κ3) is 3.40. The number of hydrogen-bond acceptors (Lipinski definition) is 4. The van der Waals surface area contributed by atoms with Gasteiger partial charge in [-0.3, -0.25) is 8.96 Å². The number of nitrogens with zero attached hydrogens (tertiary/aromatic N) is 3. The Bertz CT molecular complexity index is 893. The van der Waals surface area contributed by atoms with Gasteiger partial charge in [0.1, 0.15) is 24.1 Å². The second-order valence-electron chi connectivity index (χ2n) is 6.95. The number of hydrogen-bond donors (Lipinski definition) is 0. The van der Waals surface area contributed by atoms with Crippen LogP contribution >= 0.6 is 0 Å². The van der Waals surface area contributed by atoms with E-state index < -0.39 is 18.3 Å². The highest BCUT2D eigenvalue weighted by molar-refractivity contribution is 5.48. The van der Waals surface area contributed by atoms with E-state index >= 15 is 0 Å². The highest BCUT2D eigenvalue weighted by Crippen LogP contribution is 2.33. The SMILES string of the molecule is O=c1nc(OCc2cc(F)c(CCCF)c(F)c2)cc2n1C[C@@H]1CCCN21. The van der Waals surface area contributed by atoms with Gasteiger partial charge in [0.25, 0.3) is 0 Å². The van der Waals surface area contributed by atoms with Crippen molar-refractivity contribution in [2.75, 3.05) is 18.1 Å². The molecule has 2 aliphatic rings. The maximum absolute atomic E-state index is 14.1. The number of aromatic nitrogens is 2. The summed E-state index contributed by atoms with van der Waals surface area (Å²) in [4.78, 5) is 18.3. The van der Waals surface area contributed by atoms with Crippen molar-refractivity contribution in [3.8, 4) is 5.88 Å². The molecule has 0 aliphatic carbocycles. The van der Waals surface area contributed by atoms with Crippen LogP contribution in [-0.2, 0) is 19.6 Å². The van der Waals surface area contributed by atoms with Gasteiger partial charge in [0, 0.05) is 30.8 Å². The van der Waals surface area contributed by atoms with Crippen molar-refractivity contribution in [3.05, 3.63) is 51.4 Å². The maximum atomic E-state index is 14.1. The first kappa shape index (κ1) is 17.9. The van der Waals surface area contributed by atoms with E-state index in [-0.39, 0.29) is 42.1 Å². The van der Waals surface area contributed by atoms with E-state index in [0.29, 0.717) is 12.6 Å². The molecule has 4 rings (SSSR count). The summed E-state index contributed by atoms with van der Waals surface area (Å²) in [6, 6.07) is 4.38. The predicted molar refractivity (Wildman–Crippen MR) is 93.9 cm³/mol. The Balaban J connectivity index is 1.51. The molecule has 0 N–H and O–H groups in total. The minimum Gasteiger partial charge on any atom is -0.473 e. The summed E-state index contributed by atoms with van der Waals surface area (Å²) >= 11 is 0. The van der Waals surface area contributed by atoms with Crippen LogP contribution in [0.1, 0.15) is 30.4 Å². The largest absolute Gasteiger partial charge is 0.473 e. The summed E-state index contributed by atoms with van der Waals surface area (Å²) < 4.78 is 47.5. The Morgan fingerprint density at radius 3 is 2.74 bits per heavy atom. The lowest BCUT2D eigenvalue weighted by Gasteiger charge is -2.17. The molecule has 1 aromatic carbocycles. The minimum absolute atomic E-state index is 0.00937. The average Bonchev–Trinajstić information content (AvgIpc) is 3.22. The van der Waals surface area contributed by atoms with Gasteiger partial charge in [-0.2, -0.15) is 4.98 Å². The summed E-state index contributed by atoms with van der Waals surface area (Å²) in [6.07, 6.45) is 2.22. The number of ether oxygens (including phenoxy) is 1. The van der Waals surface area contributed by atoms with Gasteiger partial charge in [-0.15, -0.1) is 0 Å². The third-order valence-electron chi connectivity index (χ3n) is 5.18. The Morgan fingerprint density at radius 1 is 1.22 bits per heavy atom. The van der Waals surface area contributed by atoms with Crippen LogP contribution in [0.15, 0.2) is 23.0 Å². The van der Waals surface area contributed by atoms with Crippen LogP contribution < -0.4 is 15.3 Å². The lowest BCUT2D eigenvalue weighted by Crippen LogP contribution is -2.24. The van der Waals surface area contributed by atoms with Gasteiger partial charge in [0.2, 0.25) is 5.88 Å². The Morgan fingerprint density at radius 2 is 2.00 bits per heavy atom. The molecule has 1 atom stereocenters. The Hall–Kier alpha value is -2.51. The molecule has 0 unspecified atom stereocenters. The molecule has 144 valence electrons. The first-order valence-corrected chi connectivity index (χ1v) is 9.11.